The molecule has 0 bridgehead atoms. The molecule has 6 fully saturated rings. The van der Waals surface area contributed by atoms with Crippen LogP contribution in [-0.2, 0) is 66.5 Å². The van der Waals surface area contributed by atoms with Crippen LogP contribution in [0.3, 0.4) is 0 Å². The Bertz CT molecular complexity index is 2580. The van der Waals surface area contributed by atoms with E-state index in [2.05, 4.69) is 118 Å². The summed E-state index contributed by atoms with van der Waals surface area (Å²) >= 11 is 0. The van der Waals surface area contributed by atoms with E-state index in [4.69, 9.17) is 52.1 Å². The van der Waals surface area contributed by atoms with Gasteiger partial charge in [-0.15, -0.1) is 0 Å². The van der Waals surface area contributed by atoms with Gasteiger partial charge in [0.25, 0.3) is 0 Å². The van der Waals surface area contributed by atoms with Gasteiger partial charge in [-0.2, -0.15) is 0 Å². The second-order valence-corrected chi connectivity index (χ2v) is 36.4. The summed E-state index contributed by atoms with van der Waals surface area (Å²) in [6, 6.07) is 0. The van der Waals surface area contributed by atoms with Crippen molar-refractivity contribution in [3.05, 3.63) is 0 Å². The largest absolute Gasteiger partial charge is 0.463 e. The molecule has 6 aliphatic heterocycles. The summed E-state index contributed by atoms with van der Waals surface area (Å²) in [6.07, 6.45) is -8.30. The topological polar surface area (TPSA) is 294 Å². The molecule has 21 heteroatoms. The first-order valence-corrected chi connectivity index (χ1v) is 38.9. The minimum atomic E-state index is -2.20. The minimum Gasteiger partial charge on any atom is -0.463 e. The molecule has 0 saturated carbocycles. The zero-order chi connectivity index (χ0) is 77.1. The lowest BCUT2D eigenvalue weighted by Gasteiger charge is -2.50. The molecule has 21 nitrogen and oxygen atoms in total. The molecule has 0 radical (unpaired) electrons. The van der Waals surface area contributed by atoms with Crippen LogP contribution < -0.4 is 0 Å². The Kier molecular flexibility index (Phi) is 31.8. The van der Waals surface area contributed by atoms with Crippen molar-refractivity contribution < 1.29 is 102 Å². The normalized spacial score (nSPS) is 47.6. The zero-order valence-corrected chi connectivity index (χ0v) is 67.9. The Labute approximate surface area is 609 Å². The van der Waals surface area contributed by atoms with Crippen LogP contribution in [0, 0.1) is 105 Å². The molecule has 34 atom stereocenters. The van der Waals surface area contributed by atoms with Crippen LogP contribution in [0.2, 0.25) is 0 Å². The highest BCUT2D eigenvalue weighted by Gasteiger charge is 2.57. The Morgan fingerprint density at radius 3 is 1.11 bits per heavy atom. The monoisotopic (exact) mass is 1440 g/mol. The maximum Gasteiger partial charge on any atom is 0.311 e. The predicted octanol–water partition coefficient (Wildman–Crippen LogP) is 12.0. The Balaban J connectivity index is 0.000000364. The van der Waals surface area contributed by atoms with E-state index < -0.39 is 169 Å². The molecule has 6 heterocycles. The Morgan fingerprint density at radius 1 is 0.455 bits per heavy atom. The first-order chi connectivity index (χ1) is 46.4. The first-order valence-electron chi connectivity index (χ1n) is 38.9. The summed E-state index contributed by atoms with van der Waals surface area (Å²) in [4.78, 5) is 40.5. The van der Waals surface area contributed by atoms with Gasteiger partial charge in [0.2, 0.25) is 0 Å². The van der Waals surface area contributed by atoms with Gasteiger partial charge in [0.05, 0.1) is 91.7 Å². The molecule has 592 valence electrons. The lowest BCUT2D eigenvalue weighted by Crippen LogP contribution is -2.61. The molecule has 101 heavy (non-hydrogen) atoms. The number of cyclic esters (lactones) is 2. The third kappa shape index (κ3) is 21.0. The van der Waals surface area contributed by atoms with E-state index in [1.165, 1.54) is 6.92 Å². The van der Waals surface area contributed by atoms with E-state index in [9.17, 15) is 50.1 Å². The van der Waals surface area contributed by atoms with Crippen LogP contribution in [0.1, 0.15) is 252 Å². The molecule has 6 rings (SSSR count). The third-order valence-electron chi connectivity index (χ3n) is 26.3. The van der Waals surface area contributed by atoms with Crippen molar-refractivity contribution in [2.45, 2.75) is 374 Å². The van der Waals surface area contributed by atoms with Crippen molar-refractivity contribution in [1.82, 2.24) is 0 Å². The van der Waals surface area contributed by atoms with Gasteiger partial charge in [0, 0.05) is 55.3 Å². The van der Waals surface area contributed by atoms with E-state index >= 15 is 0 Å². The van der Waals surface area contributed by atoms with E-state index in [0.29, 0.717) is 43.4 Å². The fourth-order valence-electron chi connectivity index (χ4n) is 18.3. The second kappa shape index (κ2) is 35.9. The fourth-order valence-corrected chi connectivity index (χ4v) is 18.3. The smallest absolute Gasteiger partial charge is 0.311 e. The average molecular weight is 1440 g/mol. The van der Waals surface area contributed by atoms with Crippen molar-refractivity contribution >= 4 is 17.9 Å². The van der Waals surface area contributed by atoms with Crippen LogP contribution in [0.5, 0.6) is 0 Å². The van der Waals surface area contributed by atoms with Crippen LogP contribution in [0.4, 0.5) is 0 Å². The van der Waals surface area contributed by atoms with Gasteiger partial charge in [0.15, 0.2) is 36.4 Å². The standard InChI is InChI=1S/C41H74O11.C39H72O10/c1-16-31-41(46,20-47-30(11)42)35(44)25(6)33(43)22(3)18-40(14,15)36(52-38-24(5)21(2)17-23(4)48-38)26(7)34(27(8)37(45)50-31)51-32-19-39(12,13)28(9)29(10)49-32;1-15-29-39(44,19-40)33(42)24(6)31(41)21(3)17-38(13,14)34(49-36-23(5)20(2)16-22(4)45-36)25(7)32(26(8)35(43)47-29)48-30-18-37(11,12)27(9)28(10)46-30/h21-29,31-36,38,43-44,46H,16-20H2,1-15H3;20-34,36,40-42,44H,15-19H2,1-14H3/t21-,22+,23+,24+,25-,26-,27+,28-,29-,31+,32-,33-,34-,35?,36+,38-,41+;20-,21+,22+,23+,24-,25-,26+,27-,28-,29+,30-,31-,32-,33?,34+,36-,39+/m00/s1. The van der Waals surface area contributed by atoms with Gasteiger partial charge in [-0.1, -0.05) is 152 Å². The fraction of sp³-hybridized carbons (Fsp3) is 0.963. The minimum absolute atomic E-state index is 0.00946. The highest BCUT2D eigenvalue weighted by Crippen LogP contribution is 2.50. The number of ether oxygens (including phenoxy) is 11. The molecule has 0 amide bonds. The number of aliphatic hydroxyl groups is 7. The Hall–Kier alpha value is -2.19. The quantitative estimate of drug-likeness (QED) is 0.0666. The molecular weight excluding hydrogens is 1300 g/mol. The van der Waals surface area contributed by atoms with E-state index in [-0.39, 0.29) is 83.6 Å². The molecule has 0 aliphatic carbocycles. The van der Waals surface area contributed by atoms with Gasteiger partial charge in [-0.05, 0) is 137 Å². The third-order valence-corrected chi connectivity index (χ3v) is 26.3. The molecule has 6 aliphatic rings. The number of hydrogen-bond acceptors (Lipinski definition) is 21. The molecule has 6 saturated heterocycles. The molecule has 2 unspecified atom stereocenters. The van der Waals surface area contributed by atoms with Gasteiger partial charge < -0.3 is 87.9 Å². The first kappa shape index (κ1) is 89.4. The van der Waals surface area contributed by atoms with Crippen LogP contribution in [-0.4, -0.2) is 189 Å². The molecular formula is C80H146O21. The predicted molar refractivity (Wildman–Crippen MR) is 386 cm³/mol. The average Bonchev–Trinajstić information content (AvgIpc) is 0.779. The number of hydrogen-bond donors (Lipinski definition) is 7. The lowest BCUT2D eigenvalue weighted by molar-refractivity contribution is -0.295. The zero-order valence-electron chi connectivity index (χ0n) is 67.9. The summed E-state index contributed by atoms with van der Waals surface area (Å²) in [5.41, 5.74) is -5.76. The molecule has 0 aromatic carbocycles. The van der Waals surface area contributed by atoms with Gasteiger partial charge >= 0.3 is 17.9 Å². The van der Waals surface area contributed by atoms with Crippen molar-refractivity contribution in [3.8, 4) is 0 Å². The van der Waals surface area contributed by atoms with Crippen LogP contribution in [0.25, 0.3) is 0 Å². The highest BCUT2D eigenvalue weighted by atomic mass is 16.7. The van der Waals surface area contributed by atoms with E-state index in [1.54, 1.807) is 41.5 Å². The number of carbonyl (C=O) groups excluding carboxylic acids is 3. The summed E-state index contributed by atoms with van der Waals surface area (Å²) in [7, 11) is 0. The second-order valence-electron chi connectivity index (χ2n) is 36.4. The maximum atomic E-state index is 14.4. The summed E-state index contributed by atoms with van der Waals surface area (Å²) in [6.45, 7) is 56.5. The number of rotatable bonds is 13. The van der Waals surface area contributed by atoms with Crippen molar-refractivity contribution in [2.75, 3.05) is 13.2 Å². The van der Waals surface area contributed by atoms with E-state index in [0.717, 1.165) is 12.8 Å². The van der Waals surface area contributed by atoms with Gasteiger partial charge in [-0.3, -0.25) is 14.4 Å². The molecule has 0 aromatic rings. The van der Waals surface area contributed by atoms with Gasteiger partial charge in [-0.25, -0.2) is 0 Å². The Morgan fingerprint density at radius 2 is 0.792 bits per heavy atom. The van der Waals surface area contributed by atoms with Crippen LogP contribution in [0.15, 0.2) is 0 Å². The number of aliphatic hydroxyl groups excluding tert-OH is 5. The number of esters is 3. The maximum absolute atomic E-state index is 14.4. The molecule has 7 N–H and O–H groups in total. The van der Waals surface area contributed by atoms with Crippen molar-refractivity contribution in [3.63, 3.8) is 0 Å². The molecule has 0 spiro atoms. The molecule has 0 aromatic heterocycles. The van der Waals surface area contributed by atoms with Crippen molar-refractivity contribution in [2.24, 2.45) is 105 Å². The summed E-state index contributed by atoms with van der Waals surface area (Å²) < 4.78 is 71.2. The summed E-state index contributed by atoms with van der Waals surface area (Å²) in [5, 5.41) is 80.9. The van der Waals surface area contributed by atoms with Gasteiger partial charge in [0.1, 0.15) is 18.8 Å². The lowest BCUT2D eigenvalue weighted by atomic mass is 9.68. The van der Waals surface area contributed by atoms with E-state index in [1.807, 2.05) is 34.6 Å². The highest BCUT2D eigenvalue weighted by molar-refractivity contribution is 5.73. The number of carbonyl (C=O) groups is 3. The summed E-state index contributed by atoms with van der Waals surface area (Å²) in [5.74, 6) is -5.30. The van der Waals surface area contributed by atoms with Crippen LogP contribution >= 0.6 is 0 Å². The van der Waals surface area contributed by atoms with Crippen molar-refractivity contribution in [1.29, 1.82) is 0 Å². The SMILES string of the molecule is CC[C@H]1OC(=O)[C@H](C)[C@@H](O[C@H]2CC(C)(C)[C@@H](C)[C@H](C)O2)[C@H](C)[C@@H](O[C@@H]2O[C@H](C)C[C@H](C)[C@H]2C)C(C)(C)C[C@@H](C)[C@H](O)[C@H](C)C(O)[C@@]1(O)CO.CC[C@H]1OC(=O)[C@H](C)[C@@H](O[C@H]2CC(C)(C)[C@@H](C)[C@H](C)O2)[C@H](C)[C@@H](O[C@@H]2O[C@H](C)C[C@H](C)[C@H]2C)C(C)(C)C[C@@H](C)[C@H](O)[C@H](C)C(O)[C@@]1(O)COC(C)=O.